The normalized spacial score (nSPS) is 14.7. The average molecular weight is 253 g/mol. The molecule has 18 heavy (non-hydrogen) atoms. The van der Waals surface area contributed by atoms with Gasteiger partial charge in [-0.1, -0.05) is 13.3 Å². The molecule has 1 N–H and O–H groups in total. The van der Waals surface area contributed by atoms with Crippen LogP contribution in [-0.2, 0) is 18.2 Å². The first-order valence-corrected chi connectivity index (χ1v) is 6.97. The number of hydrogen-bond donors (Lipinski definition) is 1. The molecular weight excluding hydrogens is 226 g/mol. The summed E-state index contributed by atoms with van der Waals surface area (Å²) in [7, 11) is 4.06. The van der Waals surface area contributed by atoms with Crippen molar-refractivity contribution in [2.45, 2.75) is 51.7 Å². The minimum Gasteiger partial charge on any atom is -0.377 e. The van der Waals surface area contributed by atoms with Crippen molar-refractivity contribution in [3.05, 3.63) is 18.2 Å². The van der Waals surface area contributed by atoms with Gasteiger partial charge in [0.05, 0.1) is 6.10 Å². The van der Waals surface area contributed by atoms with Crippen molar-refractivity contribution in [1.82, 2.24) is 14.9 Å². The molecule has 0 aliphatic rings. The highest BCUT2D eigenvalue weighted by Gasteiger charge is 2.19. The standard InChI is InChI=1S/C14H27N3O/c1-5-7-13(18-6-2)12(15-3)8-9-14-16-10-11-17(14)4/h10-13,15H,5-9H2,1-4H3. The van der Waals surface area contributed by atoms with Crippen molar-refractivity contribution < 1.29 is 4.74 Å². The zero-order valence-electron chi connectivity index (χ0n) is 12.1. The van der Waals surface area contributed by atoms with Crippen LogP contribution in [0.5, 0.6) is 0 Å². The number of imidazole rings is 1. The molecule has 0 aromatic carbocycles. The Morgan fingerprint density at radius 3 is 2.67 bits per heavy atom. The summed E-state index contributed by atoms with van der Waals surface area (Å²) in [6.07, 6.45) is 8.48. The van der Waals surface area contributed by atoms with E-state index in [1.807, 2.05) is 26.5 Å². The topological polar surface area (TPSA) is 39.1 Å². The van der Waals surface area contributed by atoms with Gasteiger partial charge in [0.1, 0.15) is 5.82 Å². The molecule has 0 aliphatic heterocycles. The van der Waals surface area contributed by atoms with Crippen LogP contribution in [0.2, 0.25) is 0 Å². The minimum atomic E-state index is 0.310. The average Bonchev–Trinajstić information content (AvgIpc) is 2.76. The molecule has 4 nitrogen and oxygen atoms in total. The summed E-state index contributed by atoms with van der Waals surface area (Å²) in [5.41, 5.74) is 0. The summed E-state index contributed by atoms with van der Waals surface area (Å²) < 4.78 is 7.93. The van der Waals surface area contributed by atoms with Gasteiger partial charge in [0, 0.05) is 38.5 Å². The van der Waals surface area contributed by atoms with Crippen LogP contribution in [0, 0.1) is 0 Å². The molecule has 0 bridgehead atoms. The highest BCUT2D eigenvalue weighted by atomic mass is 16.5. The number of ether oxygens (including phenoxy) is 1. The fourth-order valence-corrected chi connectivity index (χ4v) is 2.34. The Hall–Kier alpha value is -0.870. The second-order valence-corrected chi connectivity index (χ2v) is 4.67. The lowest BCUT2D eigenvalue weighted by molar-refractivity contribution is 0.0278. The number of nitrogens with zero attached hydrogens (tertiary/aromatic N) is 2. The number of rotatable bonds is 9. The fourth-order valence-electron chi connectivity index (χ4n) is 2.34. The Kier molecular flexibility index (Phi) is 6.98. The van der Waals surface area contributed by atoms with E-state index in [2.05, 4.69) is 28.7 Å². The van der Waals surface area contributed by atoms with Crippen LogP contribution in [0.3, 0.4) is 0 Å². The van der Waals surface area contributed by atoms with Crippen LogP contribution in [0.1, 0.15) is 38.9 Å². The molecule has 1 heterocycles. The molecule has 2 unspecified atom stereocenters. The van der Waals surface area contributed by atoms with E-state index in [4.69, 9.17) is 4.74 Å². The van der Waals surface area contributed by atoms with Gasteiger partial charge in [-0.2, -0.15) is 0 Å². The molecule has 0 fully saturated rings. The van der Waals surface area contributed by atoms with Crippen LogP contribution in [0.15, 0.2) is 12.4 Å². The van der Waals surface area contributed by atoms with Crippen molar-refractivity contribution in [2.75, 3.05) is 13.7 Å². The molecule has 1 aromatic rings. The number of aromatic nitrogens is 2. The Morgan fingerprint density at radius 1 is 1.39 bits per heavy atom. The lowest BCUT2D eigenvalue weighted by Crippen LogP contribution is -2.40. The molecule has 0 radical (unpaired) electrons. The van der Waals surface area contributed by atoms with Gasteiger partial charge in [-0.15, -0.1) is 0 Å². The van der Waals surface area contributed by atoms with Gasteiger partial charge in [-0.3, -0.25) is 0 Å². The fraction of sp³-hybridized carbons (Fsp3) is 0.786. The van der Waals surface area contributed by atoms with Crippen molar-refractivity contribution in [1.29, 1.82) is 0 Å². The maximum Gasteiger partial charge on any atom is 0.108 e. The Labute approximate surface area is 111 Å². The highest BCUT2D eigenvalue weighted by Crippen LogP contribution is 2.13. The van der Waals surface area contributed by atoms with Gasteiger partial charge in [0.15, 0.2) is 0 Å². The molecule has 1 rings (SSSR count). The Balaban J connectivity index is 2.51. The van der Waals surface area contributed by atoms with Crippen molar-refractivity contribution >= 4 is 0 Å². The number of aryl methyl sites for hydroxylation is 2. The van der Waals surface area contributed by atoms with E-state index in [0.717, 1.165) is 38.1 Å². The summed E-state index contributed by atoms with van der Waals surface area (Å²) in [5.74, 6) is 1.14. The summed E-state index contributed by atoms with van der Waals surface area (Å²) in [4.78, 5) is 4.37. The van der Waals surface area contributed by atoms with Gasteiger partial charge in [0.2, 0.25) is 0 Å². The molecule has 0 saturated carbocycles. The summed E-state index contributed by atoms with van der Waals surface area (Å²) in [6, 6.07) is 0.404. The third-order valence-electron chi connectivity index (χ3n) is 3.37. The maximum atomic E-state index is 5.85. The van der Waals surface area contributed by atoms with E-state index in [1.54, 1.807) is 0 Å². The van der Waals surface area contributed by atoms with E-state index in [-0.39, 0.29) is 0 Å². The van der Waals surface area contributed by atoms with E-state index in [9.17, 15) is 0 Å². The first-order chi connectivity index (χ1) is 8.72. The second-order valence-electron chi connectivity index (χ2n) is 4.67. The van der Waals surface area contributed by atoms with E-state index >= 15 is 0 Å². The summed E-state index contributed by atoms with van der Waals surface area (Å²) in [6.45, 7) is 5.05. The molecule has 0 spiro atoms. The minimum absolute atomic E-state index is 0.310. The van der Waals surface area contributed by atoms with Gasteiger partial charge >= 0.3 is 0 Å². The summed E-state index contributed by atoms with van der Waals surface area (Å²) >= 11 is 0. The Bertz CT molecular complexity index is 319. The van der Waals surface area contributed by atoms with Gasteiger partial charge < -0.3 is 14.6 Å². The van der Waals surface area contributed by atoms with E-state index in [1.165, 1.54) is 0 Å². The second kappa shape index (κ2) is 8.27. The first-order valence-electron chi connectivity index (χ1n) is 6.97. The Morgan fingerprint density at radius 2 is 2.17 bits per heavy atom. The van der Waals surface area contributed by atoms with E-state index < -0.39 is 0 Å². The molecule has 2 atom stereocenters. The number of hydrogen-bond acceptors (Lipinski definition) is 3. The van der Waals surface area contributed by atoms with Gasteiger partial charge in [-0.25, -0.2) is 4.98 Å². The van der Waals surface area contributed by atoms with Crippen LogP contribution >= 0.6 is 0 Å². The van der Waals surface area contributed by atoms with Crippen LogP contribution < -0.4 is 5.32 Å². The molecule has 0 aliphatic carbocycles. The molecule has 0 amide bonds. The smallest absolute Gasteiger partial charge is 0.108 e. The molecular formula is C14H27N3O. The van der Waals surface area contributed by atoms with Crippen LogP contribution in [0.25, 0.3) is 0 Å². The SMILES string of the molecule is CCCC(OCC)C(CCc1nccn1C)NC. The molecule has 0 saturated heterocycles. The van der Waals surface area contributed by atoms with Crippen molar-refractivity contribution in [3.8, 4) is 0 Å². The zero-order valence-corrected chi connectivity index (χ0v) is 12.1. The molecule has 104 valence electrons. The van der Waals surface area contributed by atoms with Crippen LogP contribution in [0.4, 0.5) is 0 Å². The van der Waals surface area contributed by atoms with Crippen molar-refractivity contribution in [3.63, 3.8) is 0 Å². The van der Waals surface area contributed by atoms with Gasteiger partial charge in [0.25, 0.3) is 0 Å². The summed E-state index contributed by atoms with van der Waals surface area (Å²) in [5, 5.41) is 3.39. The first kappa shape index (κ1) is 15.2. The molecule has 4 heteroatoms. The predicted octanol–water partition coefficient (Wildman–Crippen LogP) is 2.15. The number of likely N-dealkylation sites (N-methyl/N-ethyl adjacent to an activating group) is 1. The zero-order chi connectivity index (χ0) is 13.4. The van der Waals surface area contributed by atoms with Crippen LogP contribution in [-0.4, -0.2) is 35.4 Å². The third kappa shape index (κ3) is 4.42. The quantitative estimate of drug-likeness (QED) is 0.733. The predicted molar refractivity (Wildman–Crippen MR) is 74.7 cm³/mol. The molecule has 1 aromatic heterocycles. The van der Waals surface area contributed by atoms with Gasteiger partial charge in [-0.05, 0) is 26.8 Å². The van der Waals surface area contributed by atoms with E-state index in [0.29, 0.717) is 12.1 Å². The lowest BCUT2D eigenvalue weighted by atomic mass is 10.0. The monoisotopic (exact) mass is 253 g/mol. The largest absolute Gasteiger partial charge is 0.377 e. The maximum absolute atomic E-state index is 5.85. The third-order valence-corrected chi connectivity index (χ3v) is 3.37. The lowest BCUT2D eigenvalue weighted by Gasteiger charge is -2.26. The van der Waals surface area contributed by atoms with Crippen molar-refractivity contribution in [2.24, 2.45) is 7.05 Å². The number of nitrogens with one attached hydrogen (secondary N) is 1. The highest BCUT2D eigenvalue weighted by molar-refractivity contribution is 4.92.